The van der Waals surface area contributed by atoms with Gasteiger partial charge < -0.3 is 9.47 Å². The number of unbranched alkanes of at least 4 members (excludes halogenated alkanes) is 8. The number of esters is 2. The normalized spacial score (nSPS) is 11.9. The van der Waals surface area contributed by atoms with Crippen LogP contribution in [0.4, 0.5) is 0 Å². The molecule has 0 fully saturated rings. The highest BCUT2D eigenvalue weighted by Gasteiger charge is 2.23. The fourth-order valence-corrected chi connectivity index (χ4v) is 3.00. The molecule has 0 aromatic rings. The first kappa shape index (κ1) is 26.7. The molecule has 0 aliphatic rings. The molecule has 0 spiro atoms. The fraction of sp³-hybridized carbons (Fsp3) is 0.833. The van der Waals surface area contributed by atoms with Crippen molar-refractivity contribution < 1.29 is 19.1 Å². The Hall–Kier alpha value is -1.32. The summed E-state index contributed by atoms with van der Waals surface area (Å²) in [7, 11) is 0. The molecule has 0 heterocycles. The van der Waals surface area contributed by atoms with E-state index in [1.807, 2.05) is 0 Å². The van der Waals surface area contributed by atoms with Crippen molar-refractivity contribution in [3.8, 4) is 0 Å². The Morgan fingerprint density at radius 1 is 0.500 bits per heavy atom. The van der Waals surface area contributed by atoms with Crippen molar-refractivity contribution in [1.82, 2.24) is 0 Å². The zero-order chi connectivity index (χ0) is 21.0. The summed E-state index contributed by atoms with van der Waals surface area (Å²) in [5, 5.41) is 0. The third kappa shape index (κ3) is 13.0. The summed E-state index contributed by atoms with van der Waals surface area (Å²) >= 11 is 0. The van der Waals surface area contributed by atoms with Crippen LogP contribution < -0.4 is 0 Å². The molecular weight excluding hydrogens is 352 g/mol. The van der Waals surface area contributed by atoms with E-state index < -0.39 is 0 Å². The quantitative estimate of drug-likeness (QED) is 0.143. The Kier molecular flexibility index (Phi) is 18.1. The van der Waals surface area contributed by atoms with Crippen LogP contribution in [-0.4, -0.2) is 25.2 Å². The fourth-order valence-electron chi connectivity index (χ4n) is 3.00. The van der Waals surface area contributed by atoms with Gasteiger partial charge in [0, 0.05) is 11.1 Å². The SMILES string of the molecule is CCCCCCCC(C(=O)OCCCC)=C(CCCCC)C(=O)OCCCC. The Labute approximate surface area is 173 Å². The lowest BCUT2D eigenvalue weighted by Gasteiger charge is -2.15. The monoisotopic (exact) mass is 396 g/mol. The lowest BCUT2D eigenvalue weighted by Crippen LogP contribution is -2.18. The highest BCUT2D eigenvalue weighted by molar-refractivity contribution is 6.00. The first-order valence-electron chi connectivity index (χ1n) is 11.7. The predicted octanol–water partition coefficient (Wildman–Crippen LogP) is 6.91. The molecule has 0 rings (SSSR count). The minimum Gasteiger partial charge on any atom is -0.462 e. The highest BCUT2D eigenvalue weighted by atomic mass is 16.5. The Morgan fingerprint density at radius 3 is 1.29 bits per heavy atom. The molecule has 0 unspecified atom stereocenters. The van der Waals surface area contributed by atoms with E-state index in [4.69, 9.17) is 9.47 Å². The molecule has 0 saturated carbocycles. The summed E-state index contributed by atoms with van der Waals surface area (Å²) in [5.41, 5.74) is 1.12. The van der Waals surface area contributed by atoms with Crippen LogP contribution in [0.2, 0.25) is 0 Å². The number of rotatable bonds is 18. The second-order valence-electron chi connectivity index (χ2n) is 7.56. The molecule has 0 amide bonds. The largest absolute Gasteiger partial charge is 0.462 e. The second-order valence-corrected chi connectivity index (χ2v) is 7.56. The van der Waals surface area contributed by atoms with Crippen molar-refractivity contribution in [2.45, 2.75) is 118 Å². The topological polar surface area (TPSA) is 52.6 Å². The van der Waals surface area contributed by atoms with Gasteiger partial charge in [-0.1, -0.05) is 79.1 Å². The zero-order valence-electron chi connectivity index (χ0n) is 18.9. The van der Waals surface area contributed by atoms with E-state index >= 15 is 0 Å². The maximum atomic E-state index is 12.8. The Bertz CT molecular complexity index is 440. The molecule has 0 aromatic carbocycles. The van der Waals surface area contributed by atoms with E-state index in [9.17, 15) is 9.59 Å². The standard InChI is InChI=1S/C24H44O4/c1-5-9-13-14-16-18-22(24(26)28-20-12-8-4)21(17-15-10-6-2)23(25)27-19-11-7-3/h5-20H2,1-4H3. The van der Waals surface area contributed by atoms with Gasteiger partial charge >= 0.3 is 11.9 Å². The average Bonchev–Trinajstić information content (AvgIpc) is 2.69. The van der Waals surface area contributed by atoms with Crippen LogP contribution in [-0.2, 0) is 19.1 Å². The maximum absolute atomic E-state index is 12.8. The lowest BCUT2D eigenvalue weighted by molar-refractivity contribution is -0.142. The van der Waals surface area contributed by atoms with Crippen molar-refractivity contribution in [1.29, 1.82) is 0 Å². The molecule has 28 heavy (non-hydrogen) atoms. The Morgan fingerprint density at radius 2 is 0.857 bits per heavy atom. The predicted molar refractivity (Wildman–Crippen MR) is 116 cm³/mol. The van der Waals surface area contributed by atoms with E-state index in [0.717, 1.165) is 57.8 Å². The first-order chi connectivity index (χ1) is 13.6. The first-order valence-corrected chi connectivity index (χ1v) is 11.7. The number of carbonyl (C=O) groups is 2. The summed E-state index contributed by atoms with van der Waals surface area (Å²) in [4.78, 5) is 25.5. The van der Waals surface area contributed by atoms with E-state index in [1.54, 1.807) is 0 Å². The molecule has 4 heteroatoms. The van der Waals surface area contributed by atoms with Crippen LogP contribution in [0.15, 0.2) is 11.1 Å². The lowest BCUT2D eigenvalue weighted by atomic mass is 9.96. The van der Waals surface area contributed by atoms with Gasteiger partial charge in [0.2, 0.25) is 0 Å². The smallest absolute Gasteiger partial charge is 0.334 e. The summed E-state index contributed by atoms with van der Waals surface area (Å²) in [6.45, 7) is 9.30. The van der Waals surface area contributed by atoms with Crippen molar-refractivity contribution in [2.24, 2.45) is 0 Å². The minimum absolute atomic E-state index is 0.317. The van der Waals surface area contributed by atoms with E-state index in [0.29, 0.717) is 37.2 Å². The molecule has 0 radical (unpaired) electrons. The summed E-state index contributed by atoms with van der Waals surface area (Å²) < 4.78 is 11.0. The van der Waals surface area contributed by atoms with Crippen LogP contribution in [0.5, 0.6) is 0 Å². The zero-order valence-corrected chi connectivity index (χ0v) is 18.9. The summed E-state index contributed by atoms with van der Waals surface area (Å²) in [6, 6.07) is 0. The van der Waals surface area contributed by atoms with Crippen LogP contribution in [0.3, 0.4) is 0 Å². The van der Waals surface area contributed by atoms with Crippen LogP contribution in [0, 0.1) is 0 Å². The van der Waals surface area contributed by atoms with Crippen LogP contribution in [0.25, 0.3) is 0 Å². The molecule has 0 N–H and O–H groups in total. The van der Waals surface area contributed by atoms with Crippen LogP contribution in [0.1, 0.15) is 118 Å². The summed E-state index contributed by atoms with van der Waals surface area (Å²) in [6.07, 6.45) is 13.4. The number of hydrogen-bond donors (Lipinski definition) is 0. The molecule has 0 atom stereocenters. The molecule has 0 aliphatic heterocycles. The molecule has 0 aliphatic carbocycles. The number of ether oxygens (including phenoxy) is 2. The van der Waals surface area contributed by atoms with Gasteiger partial charge in [-0.25, -0.2) is 9.59 Å². The molecule has 0 aromatic heterocycles. The highest BCUT2D eigenvalue weighted by Crippen LogP contribution is 2.23. The van der Waals surface area contributed by atoms with E-state index in [1.165, 1.54) is 19.3 Å². The molecule has 0 bridgehead atoms. The van der Waals surface area contributed by atoms with Gasteiger partial charge in [-0.15, -0.1) is 0 Å². The number of carbonyl (C=O) groups excluding carboxylic acids is 2. The van der Waals surface area contributed by atoms with E-state index in [2.05, 4.69) is 27.7 Å². The molecule has 4 nitrogen and oxygen atoms in total. The third-order valence-electron chi connectivity index (χ3n) is 4.88. The third-order valence-corrected chi connectivity index (χ3v) is 4.88. The van der Waals surface area contributed by atoms with Gasteiger partial charge in [0.15, 0.2) is 0 Å². The molecule has 0 saturated heterocycles. The van der Waals surface area contributed by atoms with Gasteiger partial charge in [-0.2, -0.15) is 0 Å². The average molecular weight is 397 g/mol. The molecule has 164 valence electrons. The van der Waals surface area contributed by atoms with Gasteiger partial charge in [0.1, 0.15) is 0 Å². The van der Waals surface area contributed by atoms with Crippen molar-refractivity contribution in [3.05, 3.63) is 11.1 Å². The van der Waals surface area contributed by atoms with Crippen molar-refractivity contribution >= 4 is 11.9 Å². The maximum Gasteiger partial charge on any atom is 0.334 e. The number of hydrogen-bond acceptors (Lipinski definition) is 4. The second kappa shape index (κ2) is 19.0. The van der Waals surface area contributed by atoms with Gasteiger partial charge in [0.05, 0.1) is 13.2 Å². The van der Waals surface area contributed by atoms with Gasteiger partial charge in [0.25, 0.3) is 0 Å². The molecular formula is C24H44O4. The van der Waals surface area contributed by atoms with Crippen molar-refractivity contribution in [2.75, 3.05) is 13.2 Å². The van der Waals surface area contributed by atoms with Crippen molar-refractivity contribution in [3.63, 3.8) is 0 Å². The van der Waals surface area contributed by atoms with Crippen LogP contribution >= 0.6 is 0 Å². The summed E-state index contributed by atoms with van der Waals surface area (Å²) in [5.74, 6) is -0.636. The van der Waals surface area contributed by atoms with E-state index in [-0.39, 0.29) is 11.9 Å². The Balaban J connectivity index is 5.30. The van der Waals surface area contributed by atoms with Gasteiger partial charge in [-0.3, -0.25) is 0 Å². The minimum atomic E-state index is -0.319. The van der Waals surface area contributed by atoms with Gasteiger partial charge in [-0.05, 0) is 38.5 Å².